The van der Waals surface area contributed by atoms with Crippen LogP contribution in [0.3, 0.4) is 0 Å². The summed E-state index contributed by atoms with van der Waals surface area (Å²) in [6.07, 6.45) is 1.73. The molecule has 8 aromatic heterocycles. The third-order valence-electron chi connectivity index (χ3n) is 23.2. The normalized spacial score (nSPS) is 15.6. The fourth-order valence-electron chi connectivity index (χ4n) is 15.3. The molecule has 0 radical (unpaired) electrons. The van der Waals surface area contributed by atoms with Crippen molar-refractivity contribution in [1.82, 2.24) is 0 Å². The van der Waals surface area contributed by atoms with E-state index in [1.165, 1.54) is 69.6 Å². The molecule has 2 aliphatic carbocycles. The van der Waals surface area contributed by atoms with Crippen LogP contribution in [0.1, 0.15) is 254 Å². The first-order valence-electron chi connectivity index (χ1n) is 44.2. The van der Waals surface area contributed by atoms with E-state index in [2.05, 4.69) is 20.7 Å². The summed E-state index contributed by atoms with van der Waals surface area (Å²) in [7, 11) is 0. The highest BCUT2D eigenvalue weighted by Crippen LogP contribution is 2.71. The van der Waals surface area contributed by atoms with Crippen molar-refractivity contribution >= 4 is 146 Å². The number of thiophene rings is 6. The van der Waals surface area contributed by atoms with Gasteiger partial charge in [-0.2, -0.15) is 52.7 Å². The van der Waals surface area contributed by atoms with Crippen molar-refractivity contribution in [2.24, 2.45) is 0 Å². The second-order valence-electron chi connectivity index (χ2n) is 39.5. The van der Waals surface area contributed by atoms with Crippen LogP contribution in [0.4, 0.5) is 52.7 Å². The Balaban J connectivity index is 0.000000262. The highest BCUT2D eigenvalue weighted by molar-refractivity contribution is 9.09. The van der Waals surface area contributed by atoms with E-state index in [4.69, 9.17) is 27.8 Å². The third-order valence-corrected chi connectivity index (χ3v) is 30.5. The van der Waals surface area contributed by atoms with Crippen LogP contribution >= 0.6 is 84.0 Å². The summed E-state index contributed by atoms with van der Waals surface area (Å²) in [5.74, 6) is -36.7. The Morgan fingerprint density at radius 1 is 0.365 bits per heavy atom. The fraction of sp³-hybridized carbons (Fsp3) is 0.443. The molecule has 0 aliphatic heterocycles. The van der Waals surface area contributed by atoms with Gasteiger partial charge in [0.2, 0.25) is 0 Å². The van der Waals surface area contributed by atoms with Crippen LogP contribution in [0, 0.1) is 0 Å². The van der Waals surface area contributed by atoms with Gasteiger partial charge in [0.1, 0.15) is 22.7 Å². The number of benzene rings is 4. The molecule has 12 nitrogen and oxygen atoms in total. The molecule has 2 aliphatic rings. The Bertz CT molecular complexity index is 6400. The van der Waals surface area contributed by atoms with Crippen molar-refractivity contribution in [3.8, 4) is 84.7 Å². The summed E-state index contributed by atoms with van der Waals surface area (Å²) >= 11 is 10.5. The second kappa shape index (κ2) is 41.2. The number of hydrogen-bond donors (Lipinski definition) is 2. The first kappa shape index (κ1) is 110. The molecular weight excluding hydrogens is 1970 g/mol. The maximum atomic E-state index is 17.4. The Morgan fingerprint density at radius 3 is 0.978 bits per heavy atom. The standard InChI is InChI=1S/C55H60F6O7S3.C43H40F6O3S3.C6H11BrO2.2CH4/c1-12-64-43(62)16-14-22-66-38-26-35-37(28-39(38)67-23-15-17-44(63)65-13-2)68-48(31-18-20-32(21-19-31)50(3,4)5)45(35)47-46(53(56,57)55(60,61)54(47,58)59)36-27-41(40-24-33(29-69-40)51(6,7)8)71-49(36)42-25-34(30-70-42)52(9,10)11;1-38(2,3)22-12-10-21(11-13-22)36-33(25-16-27(50)28(51)18-29(25)52-36)35-34(41(44,45)43(48,49)42(35,46)47)26-17-31(30-14-23(19-53-30)39(4,5)6)55-37(26)32-15-24(20-54-32)40(7,8)9;1-2-9-6(8)4-3-5-7;;/h18-21,24-30H,12-17,22-23H2,1-11H3;10-20,50-51H,1-9H3;2-5H2,1H3;2*1H4. The summed E-state index contributed by atoms with van der Waals surface area (Å²) in [5, 5.41) is 28.8. The van der Waals surface area contributed by atoms with E-state index < -0.39 is 109 Å². The summed E-state index contributed by atoms with van der Waals surface area (Å²) in [4.78, 5) is 38.4. The summed E-state index contributed by atoms with van der Waals surface area (Å²) in [5.41, 5.74) is -5.26. The molecule has 0 saturated carbocycles. The molecule has 2 N–H and O–H groups in total. The number of esters is 3. The zero-order valence-electron chi connectivity index (χ0n) is 79.0. The monoisotopic (exact) mass is 2080 g/mol. The Morgan fingerprint density at radius 2 is 0.657 bits per heavy atom. The number of carbonyl (C=O) groups excluding carboxylic acids is 3. The van der Waals surface area contributed by atoms with Gasteiger partial charge in [-0.25, -0.2) is 0 Å². The van der Waals surface area contributed by atoms with Gasteiger partial charge in [0.25, 0.3) is 0 Å². The Labute approximate surface area is 826 Å². The predicted molar refractivity (Wildman–Crippen MR) is 540 cm³/mol. The smallest absolute Gasteiger partial charge is 0.380 e. The van der Waals surface area contributed by atoms with Crippen molar-refractivity contribution in [1.29, 1.82) is 0 Å². The lowest BCUT2D eigenvalue weighted by Crippen LogP contribution is -2.48. The molecule has 14 rings (SSSR count). The van der Waals surface area contributed by atoms with Crippen LogP contribution in [0.2, 0.25) is 0 Å². The summed E-state index contributed by atoms with van der Waals surface area (Å²) in [6, 6.07) is 27.7. The molecule has 31 heteroatoms. The molecule has 4 aromatic carbocycles. The number of phenols is 2. The molecule has 0 fully saturated rings. The van der Waals surface area contributed by atoms with Crippen LogP contribution in [0.15, 0.2) is 140 Å². The molecule has 137 heavy (non-hydrogen) atoms. The van der Waals surface area contributed by atoms with Crippen LogP contribution in [0.5, 0.6) is 23.0 Å². The predicted octanol–water partition coefficient (Wildman–Crippen LogP) is 34.5. The zero-order valence-corrected chi connectivity index (χ0v) is 85.5. The number of phenolic OH excluding ortho intramolecular Hbond substituents is 2. The average molecular weight is 2090 g/mol. The number of ether oxygens (including phenoxy) is 5. The molecule has 0 saturated heterocycles. The van der Waals surface area contributed by atoms with Crippen molar-refractivity contribution in [2.45, 2.75) is 267 Å². The third kappa shape index (κ3) is 22.3. The first-order chi connectivity index (χ1) is 62.7. The van der Waals surface area contributed by atoms with E-state index in [9.17, 15) is 24.6 Å². The van der Waals surface area contributed by atoms with Gasteiger partial charge in [0.05, 0.1) is 42.8 Å². The molecule has 0 amide bonds. The van der Waals surface area contributed by atoms with Crippen LogP contribution < -0.4 is 9.47 Å². The largest absolute Gasteiger partial charge is 0.504 e. The lowest BCUT2D eigenvalue weighted by Gasteiger charge is -2.26. The van der Waals surface area contributed by atoms with E-state index >= 15 is 52.7 Å². The highest BCUT2D eigenvalue weighted by Gasteiger charge is 2.82. The Kier molecular flexibility index (Phi) is 33.1. The van der Waals surface area contributed by atoms with E-state index in [1.807, 2.05) is 165 Å². The first-order valence-corrected chi connectivity index (χ1v) is 50.5. The van der Waals surface area contributed by atoms with Gasteiger partial charge < -0.3 is 42.7 Å². The molecular formula is C106H119BrF12O12S6. The van der Waals surface area contributed by atoms with E-state index in [0.717, 1.165) is 79.9 Å². The number of hydrogen-bond acceptors (Lipinski definition) is 18. The van der Waals surface area contributed by atoms with Crippen LogP contribution in [-0.2, 0) is 61.1 Å². The number of halogens is 13. The zero-order chi connectivity index (χ0) is 99.6. The quantitative estimate of drug-likeness (QED) is 0.0132. The van der Waals surface area contributed by atoms with Gasteiger partial charge in [-0.1, -0.05) is 204 Å². The number of fused-ring (bicyclic) bond motifs is 2. The van der Waals surface area contributed by atoms with Crippen molar-refractivity contribution in [3.63, 3.8) is 0 Å². The lowest BCUT2D eigenvalue weighted by molar-refractivity contribution is -0.254. The Hall–Kier alpha value is -9.11. The number of carbonyl (C=O) groups is 3. The average Bonchev–Trinajstić information content (AvgIpc) is 1.52. The molecule has 0 bridgehead atoms. The minimum atomic E-state index is -5.91. The number of allylic oxidation sites excluding steroid dienone is 4. The van der Waals surface area contributed by atoms with Crippen LogP contribution in [0.25, 0.3) is 106 Å². The van der Waals surface area contributed by atoms with Crippen LogP contribution in [-0.4, -0.2) is 102 Å². The second-order valence-corrected chi connectivity index (χ2v) is 46.0. The van der Waals surface area contributed by atoms with Crippen molar-refractivity contribution in [2.75, 3.05) is 38.4 Å². The molecule has 8 heterocycles. The van der Waals surface area contributed by atoms with Gasteiger partial charge in [-0.05, 0) is 176 Å². The molecule has 0 atom stereocenters. The van der Waals surface area contributed by atoms with Crippen molar-refractivity contribution in [3.05, 3.63) is 186 Å². The molecule has 742 valence electrons. The fourth-order valence-corrected chi connectivity index (χ4v) is 22.9. The number of alkyl halides is 13. The van der Waals surface area contributed by atoms with E-state index in [0.29, 0.717) is 42.3 Å². The number of rotatable bonds is 26. The van der Waals surface area contributed by atoms with E-state index in [1.54, 1.807) is 74.5 Å². The van der Waals surface area contributed by atoms with Gasteiger partial charge in [-0.3, -0.25) is 14.4 Å². The van der Waals surface area contributed by atoms with Crippen molar-refractivity contribution < 1.29 is 110 Å². The number of furan rings is 2. The van der Waals surface area contributed by atoms with Gasteiger partial charge in [-0.15, -0.1) is 68.0 Å². The topological polar surface area (TPSA) is 164 Å². The highest BCUT2D eigenvalue weighted by atomic mass is 79.9. The minimum Gasteiger partial charge on any atom is -0.504 e. The summed E-state index contributed by atoms with van der Waals surface area (Å²) in [6.45, 7) is 41.6. The molecule has 0 spiro atoms. The lowest BCUT2D eigenvalue weighted by atomic mass is 9.86. The maximum absolute atomic E-state index is 17.4. The maximum Gasteiger partial charge on any atom is 0.380 e. The SMILES string of the molecule is C.C.CC(C)(C)c1ccc(-c2oc3cc(O)c(O)cc3c2C2=C(c3cc(-c4cc(C(C)(C)C)cs4)sc3-c3cc(C(C)(C)C)cs3)C(F)(F)C(F)(F)C2(F)F)cc1.CCOC(=O)CCCBr.CCOC(=O)CCCOc1cc2oc(-c3ccc(C(C)(C)C)cc3)c(C3=C(c4cc(-c5cc(C(C)(C)C)cs5)sc4-c4cc(C(C)(C)C)cs4)C(F)(F)C(F)(F)C3(F)F)c2cc1OCCCC(=O)OCC. The molecule has 0 unspecified atom stereocenters. The van der Waals surface area contributed by atoms with Gasteiger partial charge in [0, 0.05) is 132 Å². The molecule has 12 aromatic rings. The van der Waals surface area contributed by atoms with E-state index in [-0.39, 0.29) is 166 Å². The van der Waals surface area contributed by atoms with Gasteiger partial charge in [0.15, 0.2) is 23.0 Å². The van der Waals surface area contributed by atoms with Gasteiger partial charge >= 0.3 is 53.4 Å². The number of aromatic hydroxyl groups is 2. The minimum absolute atomic E-state index is 0. The summed E-state index contributed by atoms with van der Waals surface area (Å²) < 4.78 is 241.